The second-order valence-electron chi connectivity index (χ2n) is 4.14. The van der Waals surface area contributed by atoms with E-state index in [1.54, 1.807) is 13.0 Å². The zero-order valence-corrected chi connectivity index (χ0v) is 11.9. The van der Waals surface area contributed by atoms with E-state index in [4.69, 9.17) is 5.11 Å². The van der Waals surface area contributed by atoms with Gasteiger partial charge in [0.25, 0.3) is 0 Å². The third-order valence-corrected chi connectivity index (χ3v) is 3.23. The number of aliphatic hydroxyl groups excluding tert-OH is 2. The molecule has 3 nitrogen and oxygen atoms in total. The van der Waals surface area contributed by atoms with Crippen molar-refractivity contribution in [2.75, 3.05) is 24.6 Å². The topological polar surface area (TPSA) is 43.7 Å². The molecule has 0 aromatic heterocycles. The van der Waals surface area contributed by atoms with E-state index < -0.39 is 18.8 Å². The molecule has 7 heteroatoms. The van der Waals surface area contributed by atoms with Gasteiger partial charge in [0.05, 0.1) is 12.7 Å². The molecule has 0 bridgehead atoms. The van der Waals surface area contributed by atoms with Crippen molar-refractivity contribution < 1.29 is 23.4 Å². The molecular weight excluding hydrogens is 327 g/mol. The first-order chi connectivity index (χ1) is 8.74. The standard InChI is InChI=1S/C12H15BrF3NO2/c1-8(19)10-3-2-9(6-11(10)13)17(4-5-18)7-12(14,15)16/h2-3,6,8,18-19H,4-5,7H2,1H3. The first-order valence-electron chi connectivity index (χ1n) is 5.64. The Morgan fingerprint density at radius 3 is 2.42 bits per heavy atom. The van der Waals surface area contributed by atoms with Crippen LogP contribution in [0.4, 0.5) is 18.9 Å². The summed E-state index contributed by atoms with van der Waals surface area (Å²) in [6.07, 6.45) is -5.05. The minimum Gasteiger partial charge on any atom is -0.395 e. The Morgan fingerprint density at radius 1 is 1.37 bits per heavy atom. The minimum atomic E-state index is -4.34. The molecule has 0 radical (unpaired) electrons. The van der Waals surface area contributed by atoms with E-state index in [1.165, 1.54) is 12.1 Å². The lowest BCUT2D eigenvalue weighted by Gasteiger charge is -2.26. The van der Waals surface area contributed by atoms with Crippen molar-refractivity contribution in [1.82, 2.24) is 0 Å². The van der Waals surface area contributed by atoms with Crippen LogP contribution < -0.4 is 4.90 Å². The van der Waals surface area contributed by atoms with Crippen LogP contribution in [0.25, 0.3) is 0 Å². The molecule has 0 spiro atoms. The molecule has 1 rings (SSSR count). The normalized spacial score (nSPS) is 13.4. The van der Waals surface area contributed by atoms with Gasteiger partial charge in [-0.2, -0.15) is 13.2 Å². The van der Waals surface area contributed by atoms with E-state index in [1.807, 2.05) is 0 Å². The molecule has 0 aliphatic carbocycles. The van der Waals surface area contributed by atoms with E-state index >= 15 is 0 Å². The van der Waals surface area contributed by atoms with Crippen LogP contribution in [0.2, 0.25) is 0 Å². The molecule has 0 saturated heterocycles. The Hall–Kier alpha value is -0.790. The number of anilines is 1. The molecule has 0 amide bonds. The quantitative estimate of drug-likeness (QED) is 0.865. The molecule has 0 fully saturated rings. The minimum absolute atomic E-state index is 0.111. The van der Waals surface area contributed by atoms with Gasteiger partial charge < -0.3 is 15.1 Å². The van der Waals surface area contributed by atoms with E-state index in [9.17, 15) is 18.3 Å². The smallest absolute Gasteiger partial charge is 0.395 e. The van der Waals surface area contributed by atoms with Gasteiger partial charge in [0.1, 0.15) is 6.54 Å². The van der Waals surface area contributed by atoms with Gasteiger partial charge in [-0.25, -0.2) is 0 Å². The first-order valence-corrected chi connectivity index (χ1v) is 6.44. The number of benzene rings is 1. The second-order valence-corrected chi connectivity index (χ2v) is 5.00. The third kappa shape index (κ3) is 5.00. The van der Waals surface area contributed by atoms with Crippen molar-refractivity contribution in [2.45, 2.75) is 19.2 Å². The zero-order valence-electron chi connectivity index (χ0n) is 10.3. The maximum absolute atomic E-state index is 12.4. The second kappa shape index (κ2) is 6.58. The summed E-state index contributed by atoms with van der Waals surface area (Å²) < 4.78 is 37.9. The van der Waals surface area contributed by atoms with Gasteiger partial charge in [0, 0.05) is 16.7 Å². The van der Waals surface area contributed by atoms with E-state index in [0.29, 0.717) is 15.7 Å². The summed E-state index contributed by atoms with van der Waals surface area (Å²) in [5.41, 5.74) is 0.933. The predicted molar refractivity (Wildman–Crippen MR) is 70.1 cm³/mol. The molecule has 1 aromatic rings. The summed E-state index contributed by atoms with van der Waals surface area (Å²) in [4.78, 5) is 1.04. The van der Waals surface area contributed by atoms with E-state index in [-0.39, 0.29) is 13.2 Å². The fourth-order valence-electron chi connectivity index (χ4n) is 1.69. The molecule has 0 heterocycles. The van der Waals surface area contributed by atoms with E-state index in [2.05, 4.69) is 15.9 Å². The van der Waals surface area contributed by atoms with Gasteiger partial charge in [-0.1, -0.05) is 22.0 Å². The van der Waals surface area contributed by atoms with Crippen LogP contribution in [-0.2, 0) is 0 Å². The van der Waals surface area contributed by atoms with Crippen molar-refractivity contribution in [1.29, 1.82) is 0 Å². The summed E-state index contributed by atoms with van der Waals surface area (Å²) in [5, 5.41) is 18.3. The largest absolute Gasteiger partial charge is 0.405 e. The fraction of sp³-hybridized carbons (Fsp3) is 0.500. The lowest BCUT2D eigenvalue weighted by Crippen LogP contribution is -2.36. The van der Waals surface area contributed by atoms with Crippen molar-refractivity contribution in [3.8, 4) is 0 Å². The molecule has 108 valence electrons. The Balaban J connectivity index is 3.00. The number of aliphatic hydroxyl groups is 2. The average Bonchev–Trinajstić information content (AvgIpc) is 2.26. The van der Waals surface area contributed by atoms with Crippen LogP contribution >= 0.6 is 15.9 Å². The van der Waals surface area contributed by atoms with Crippen molar-refractivity contribution in [3.05, 3.63) is 28.2 Å². The maximum atomic E-state index is 12.4. The number of alkyl halides is 3. The Morgan fingerprint density at radius 2 is 2.00 bits per heavy atom. The van der Waals surface area contributed by atoms with Crippen LogP contribution in [0.5, 0.6) is 0 Å². The summed E-state index contributed by atoms with van der Waals surface area (Å²) in [6, 6.07) is 4.56. The molecule has 0 saturated carbocycles. The summed E-state index contributed by atoms with van der Waals surface area (Å²) >= 11 is 3.22. The number of halogens is 4. The van der Waals surface area contributed by atoms with Gasteiger partial charge in [-0.15, -0.1) is 0 Å². The summed E-state index contributed by atoms with van der Waals surface area (Å²) in [6.45, 7) is -0.0408. The van der Waals surface area contributed by atoms with E-state index in [0.717, 1.165) is 4.90 Å². The van der Waals surface area contributed by atoms with Crippen molar-refractivity contribution in [2.24, 2.45) is 0 Å². The molecule has 1 aromatic carbocycles. The third-order valence-electron chi connectivity index (χ3n) is 2.54. The Kier molecular flexibility index (Phi) is 5.64. The average molecular weight is 342 g/mol. The maximum Gasteiger partial charge on any atom is 0.405 e. The monoisotopic (exact) mass is 341 g/mol. The van der Waals surface area contributed by atoms with Gasteiger partial charge in [0.2, 0.25) is 0 Å². The van der Waals surface area contributed by atoms with Crippen LogP contribution in [-0.4, -0.2) is 36.1 Å². The van der Waals surface area contributed by atoms with Crippen LogP contribution in [0.1, 0.15) is 18.6 Å². The zero-order chi connectivity index (χ0) is 14.6. The van der Waals surface area contributed by atoms with Gasteiger partial charge in [-0.3, -0.25) is 0 Å². The van der Waals surface area contributed by atoms with Crippen LogP contribution in [0, 0.1) is 0 Å². The van der Waals surface area contributed by atoms with Crippen molar-refractivity contribution in [3.63, 3.8) is 0 Å². The summed E-state index contributed by atoms with van der Waals surface area (Å²) in [7, 11) is 0. The van der Waals surface area contributed by atoms with Gasteiger partial charge in [0.15, 0.2) is 0 Å². The summed E-state index contributed by atoms with van der Waals surface area (Å²) in [5.74, 6) is 0. The SMILES string of the molecule is CC(O)c1ccc(N(CCO)CC(F)(F)F)cc1Br. The Bertz CT molecular complexity index is 424. The lowest BCUT2D eigenvalue weighted by atomic mass is 10.1. The highest BCUT2D eigenvalue weighted by molar-refractivity contribution is 9.10. The predicted octanol–water partition coefficient (Wildman–Crippen LogP) is 2.86. The molecule has 0 aliphatic rings. The highest BCUT2D eigenvalue weighted by Crippen LogP contribution is 2.29. The highest BCUT2D eigenvalue weighted by atomic mass is 79.9. The Labute approximate surface area is 117 Å². The molecule has 1 unspecified atom stereocenters. The molecule has 0 aliphatic heterocycles. The fourth-order valence-corrected chi connectivity index (χ4v) is 2.39. The van der Waals surface area contributed by atoms with Gasteiger partial charge in [-0.05, 0) is 24.6 Å². The lowest BCUT2D eigenvalue weighted by molar-refractivity contribution is -0.119. The number of hydrogen-bond donors (Lipinski definition) is 2. The van der Waals surface area contributed by atoms with Crippen molar-refractivity contribution >= 4 is 21.6 Å². The van der Waals surface area contributed by atoms with Crippen LogP contribution in [0.15, 0.2) is 22.7 Å². The molecular formula is C12H15BrF3NO2. The molecule has 1 atom stereocenters. The number of hydrogen-bond acceptors (Lipinski definition) is 3. The van der Waals surface area contributed by atoms with Gasteiger partial charge >= 0.3 is 6.18 Å². The molecule has 2 N–H and O–H groups in total. The highest BCUT2D eigenvalue weighted by Gasteiger charge is 2.30. The van der Waals surface area contributed by atoms with Crippen LogP contribution in [0.3, 0.4) is 0 Å². The number of rotatable bonds is 5. The molecule has 19 heavy (non-hydrogen) atoms. The number of nitrogens with zero attached hydrogens (tertiary/aromatic N) is 1. The first kappa shape index (κ1) is 16.3.